The minimum absolute atomic E-state index is 0.00769. The van der Waals surface area contributed by atoms with Gasteiger partial charge < -0.3 is 10.1 Å². The van der Waals surface area contributed by atoms with Gasteiger partial charge in [-0.15, -0.1) is 0 Å². The summed E-state index contributed by atoms with van der Waals surface area (Å²) in [6, 6.07) is 6.97. The van der Waals surface area contributed by atoms with Crippen LogP contribution in [0.3, 0.4) is 0 Å². The van der Waals surface area contributed by atoms with Gasteiger partial charge in [0.25, 0.3) is 10.0 Å². The van der Waals surface area contributed by atoms with Crippen molar-refractivity contribution in [2.75, 3.05) is 10.8 Å². The molecule has 2 N–H and O–H groups in total. The Morgan fingerprint density at radius 2 is 1.95 bits per heavy atom. The van der Waals surface area contributed by atoms with Crippen molar-refractivity contribution in [3.8, 4) is 5.75 Å². The van der Waals surface area contributed by atoms with Gasteiger partial charge in [-0.1, -0.05) is 6.07 Å². The molecule has 0 saturated heterocycles. The van der Waals surface area contributed by atoms with Gasteiger partial charge >= 0.3 is 0 Å². The van der Waals surface area contributed by atoms with Gasteiger partial charge in [-0.05, 0) is 31.5 Å². The molecule has 0 bridgehead atoms. The van der Waals surface area contributed by atoms with Gasteiger partial charge in [-0.25, -0.2) is 8.42 Å². The first kappa shape index (κ1) is 15.1. The summed E-state index contributed by atoms with van der Waals surface area (Å²) in [6.07, 6.45) is 1.17. The second-order valence-electron chi connectivity index (χ2n) is 4.53. The monoisotopic (exact) mass is 308 g/mol. The Morgan fingerprint density at radius 3 is 2.52 bits per heavy atom. The molecule has 1 heterocycles. The number of hydrogen-bond donors (Lipinski definition) is 2. The molecular formula is C14H16N2O4S. The van der Waals surface area contributed by atoms with Crippen molar-refractivity contribution >= 4 is 15.7 Å². The highest BCUT2D eigenvalue weighted by molar-refractivity contribution is 7.92. The predicted octanol–water partition coefficient (Wildman–Crippen LogP) is 1.60. The van der Waals surface area contributed by atoms with Crippen LogP contribution in [0.15, 0.2) is 46.2 Å². The van der Waals surface area contributed by atoms with Crippen LogP contribution in [0.4, 0.5) is 5.69 Å². The number of phenols is 1. The first-order chi connectivity index (χ1) is 9.86. The Labute approximate surface area is 122 Å². The number of nitrogens with one attached hydrogen (secondary N) is 1. The highest BCUT2D eigenvalue weighted by Gasteiger charge is 2.25. The van der Waals surface area contributed by atoms with E-state index in [0.29, 0.717) is 5.69 Å². The van der Waals surface area contributed by atoms with E-state index in [1.807, 2.05) is 0 Å². The third kappa shape index (κ3) is 2.92. The van der Waals surface area contributed by atoms with Crippen LogP contribution in [0.5, 0.6) is 5.75 Å². The molecule has 112 valence electrons. The quantitative estimate of drug-likeness (QED) is 0.897. The van der Waals surface area contributed by atoms with Crippen LogP contribution >= 0.6 is 0 Å². The van der Waals surface area contributed by atoms with E-state index in [4.69, 9.17) is 0 Å². The van der Waals surface area contributed by atoms with Gasteiger partial charge in [0.1, 0.15) is 10.6 Å². The number of aryl methyl sites for hydroxylation is 1. The van der Waals surface area contributed by atoms with E-state index in [0.717, 1.165) is 11.6 Å². The second-order valence-corrected chi connectivity index (χ2v) is 6.39. The molecule has 6 nitrogen and oxygen atoms in total. The summed E-state index contributed by atoms with van der Waals surface area (Å²) in [5.41, 5.74) is 0.761. The lowest BCUT2D eigenvalue weighted by molar-refractivity contribution is 0.475. The number of aromatic nitrogens is 1. The number of pyridine rings is 1. The lowest BCUT2D eigenvalue weighted by atomic mass is 10.2. The minimum atomic E-state index is -3.81. The Kier molecular flexibility index (Phi) is 4.04. The molecule has 0 aliphatic carbocycles. The second kappa shape index (κ2) is 5.61. The standard InChI is InChI=1S/C14H16N2O4S/c1-3-16(13-8-11(17)5-4-10(13)2)21(19,20)12-6-7-14(18)15-9-12/h4-9,17H,3H2,1-2H3,(H,15,18). The number of benzene rings is 1. The smallest absolute Gasteiger partial charge is 0.265 e. The summed E-state index contributed by atoms with van der Waals surface area (Å²) in [4.78, 5) is 13.4. The SMILES string of the molecule is CCN(c1cc(O)ccc1C)S(=O)(=O)c1ccc(=O)[nH]c1. The fourth-order valence-electron chi connectivity index (χ4n) is 2.02. The van der Waals surface area contributed by atoms with Crippen molar-refractivity contribution < 1.29 is 13.5 Å². The Bertz CT molecular complexity index is 791. The van der Waals surface area contributed by atoms with E-state index in [9.17, 15) is 18.3 Å². The van der Waals surface area contributed by atoms with Crippen LogP contribution in [-0.2, 0) is 10.0 Å². The van der Waals surface area contributed by atoms with Gasteiger partial charge in [0.2, 0.25) is 5.56 Å². The molecule has 2 rings (SSSR count). The first-order valence-corrected chi connectivity index (χ1v) is 7.81. The van der Waals surface area contributed by atoms with E-state index in [1.54, 1.807) is 19.9 Å². The summed E-state index contributed by atoms with van der Waals surface area (Å²) < 4.78 is 26.5. The van der Waals surface area contributed by atoms with Crippen molar-refractivity contribution in [2.24, 2.45) is 0 Å². The van der Waals surface area contributed by atoms with Crippen LogP contribution < -0.4 is 9.86 Å². The fraction of sp³-hybridized carbons (Fsp3) is 0.214. The number of rotatable bonds is 4. The molecule has 0 saturated carbocycles. The number of hydrogen-bond acceptors (Lipinski definition) is 4. The van der Waals surface area contributed by atoms with Crippen molar-refractivity contribution in [1.82, 2.24) is 4.98 Å². The number of H-pyrrole nitrogens is 1. The molecule has 0 atom stereocenters. The molecule has 0 radical (unpaired) electrons. The molecule has 0 unspecified atom stereocenters. The predicted molar refractivity (Wildman–Crippen MR) is 80.1 cm³/mol. The molecule has 7 heteroatoms. The van der Waals surface area contributed by atoms with Crippen LogP contribution in [-0.4, -0.2) is 25.1 Å². The molecular weight excluding hydrogens is 292 g/mol. The molecule has 2 aromatic rings. The summed E-state index contributed by atoms with van der Waals surface area (Å²) in [5.74, 6) is -0.00859. The number of aromatic amines is 1. The van der Waals surface area contributed by atoms with E-state index in [1.165, 1.54) is 28.7 Å². The third-order valence-electron chi connectivity index (χ3n) is 3.09. The lowest BCUT2D eigenvalue weighted by Crippen LogP contribution is -2.31. The summed E-state index contributed by atoms with van der Waals surface area (Å²) in [6.45, 7) is 3.66. The minimum Gasteiger partial charge on any atom is -0.508 e. The van der Waals surface area contributed by atoms with E-state index in [2.05, 4.69) is 4.98 Å². The summed E-state index contributed by atoms with van der Waals surface area (Å²) in [5, 5.41) is 9.59. The van der Waals surface area contributed by atoms with Gasteiger partial charge in [-0.2, -0.15) is 0 Å². The fourth-order valence-corrected chi connectivity index (χ4v) is 3.52. The summed E-state index contributed by atoms with van der Waals surface area (Å²) >= 11 is 0. The average molecular weight is 308 g/mol. The number of phenolic OH excluding ortho intramolecular Hbond substituents is 1. The largest absolute Gasteiger partial charge is 0.508 e. The molecule has 0 amide bonds. The number of nitrogens with zero attached hydrogens (tertiary/aromatic N) is 1. The normalized spacial score (nSPS) is 11.3. The molecule has 0 aliphatic rings. The first-order valence-electron chi connectivity index (χ1n) is 6.37. The Hall–Kier alpha value is -2.28. The summed E-state index contributed by atoms with van der Waals surface area (Å²) in [7, 11) is -3.81. The molecule has 0 fully saturated rings. The van der Waals surface area contributed by atoms with Gasteiger partial charge in [0.15, 0.2) is 0 Å². The lowest BCUT2D eigenvalue weighted by Gasteiger charge is -2.24. The number of sulfonamides is 1. The highest BCUT2D eigenvalue weighted by atomic mass is 32.2. The highest BCUT2D eigenvalue weighted by Crippen LogP contribution is 2.29. The topological polar surface area (TPSA) is 90.5 Å². The third-order valence-corrected chi connectivity index (χ3v) is 4.98. The molecule has 21 heavy (non-hydrogen) atoms. The molecule has 1 aromatic heterocycles. The number of aromatic hydroxyl groups is 1. The maximum absolute atomic E-state index is 12.7. The average Bonchev–Trinajstić information content (AvgIpc) is 2.43. The Balaban J connectivity index is 2.56. The molecule has 0 spiro atoms. The zero-order chi connectivity index (χ0) is 15.6. The van der Waals surface area contributed by atoms with E-state index < -0.39 is 10.0 Å². The van der Waals surface area contributed by atoms with Crippen LogP contribution in [0, 0.1) is 6.92 Å². The Morgan fingerprint density at radius 1 is 1.24 bits per heavy atom. The van der Waals surface area contributed by atoms with Crippen LogP contribution in [0.25, 0.3) is 0 Å². The molecule has 1 aromatic carbocycles. The van der Waals surface area contributed by atoms with E-state index >= 15 is 0 Å². The zero-order valence-electron chi connectivity index (χ0n) is 11.7. The van der Waals surface area contributed by atoms with Crippen molar-refractivity contribution in [2.45, 2.75) is 18.7 Å². The van der Waals surface area contributed by atoms with Crippen molar-refractivity contribution in [1.29, 1.82) is 0 Å². The van der Waals surface area contributed by atoms with Gasteiger partial charge in [0.05, 0.1) is 5.69 Å². The number of anilines is 1. The van der Waals surface area contributed by atoms with Crippen LogP contribution in [0.2, 0.25) is 0 Å². The van der Waals surface area contributed by atoms with Gasteiger partial charge in [0, 0.05) is 24.9 Å². The van der Waals surface area contributed by atoms with Gasteiger partial charge in [-0.3, -0.25) is 9.10 Å². The molecule has 0 aliphatic heterocycles. The van der Waals surface area contributed by atoms with Crippen LogP contribution in [0.1, 0.15) is 12.5 Å². The van der Waals surface area contributed by atoms with E-state index in [-0.39, 0.29) is 22.7 Å². The maximum atomic E-state index is 12.7. The van der Waals surface area contributed by atoms with Crippen molar-refractivity contribution in [3.05, 3.63) is 52.4 Å². The van der Waals surface area contributed by atoms with Crippen molar-refractivity contribution in [3.63, 3.8) is 0 Å². The zero-order valence-corrected chi connectivity index (χ0v) is 12.5. The maximum Gasteiger partial charge on any atom is 0.265 e.